The summed E-state index contributed by atoms with van der Waals surface area (Å²) in [7, 11) is 3.10. The van der Waals surface area contributed by atoms with Crippen LogP contribution in [-0.2, 0) is 11.2 Å². The van der Waals surface area contributed by atoms with E-state index >= 15 is 0 Å². The number of anilines is 1. The third kappa shape index (κ3) is 4.79. The lowest BCUT2D eigenvalue weighted by Gasteiger charge is -2.17. The number of benzene rings is 2. The molecule has 6 heteroatoms. The molecule has 0 aliphatic rings. The molecule has 25 heavy (non-hydrogen) atoms. The number of rotatable bonds is 7. The van der Waals surface area contributed by atoms with E-state index in [0.29, 0.717) is 28.0 Å². The summed E-state index contributed by atoms with van der Waals surface area (Å²) in [6.45, 7) is 3.69. The standard InChI is InChI=1S/C19H22ClNO4/c1-5-13-10-15(6-8-16(13)20)25-12(2)19(22)21-17-11-14(23-3)7-9-18(17)24-4/h6-12H,5H2,1-4H3,(H,21,22). The van der Waals surface area contributed by atoms with Crippen molar-refractivity contribution in [1.82, 2.24) is 0 Å². The first-order valence-corrected chi connectivity index (χ1v) is 8.34. The molecule has 0 fully saturated rings. The second-order valence-electron chi connectivity index (χ2n) is 5.42. The maximum atomic E-state index is 12.4. The number of amides is 1. The van der Waals surface area contributed by atoms with Gasteiger partial charge in [-0.1, -0.05) is 18.5 Å². The van der Waals surface area contributed by atoms with Crippen LogP contribution in [0.1, 0.15) is 19.4 Å². The molecule has 0 aliphatic heterocycles. The van der Waals surface area contributed by atoms with Crippen LogP contribution >= 0.6 is 11.6 Å². The topological polar surface area (TPSA) is 56.8 Å². The van der Waals surface area contributed by atoms with E-state index in [1.54, 1.807) is 44.4 Å². The first-order chi connectivity index (χ1) is 12.0. The van der Waals surface area contributed by atoms with Crippen LogP contribution in [0.25, 0.3) is 0 Å². The lowest BCUT2D eigenvalue weighted by Crippen LogP contribution is -2.30. The Morgan fingerprint density at radius 1 is 1.12 bits per heavy atom. The highest BCUT2D eigenvalue weighted by Gasteiger charge is 2.17. The summed E-state index contributed by atoms with van der Waals surface area (Å²) >= 11 is 6.10. The molecular formula is C19H22ClNO4. The Kier molecular flexibility index (Phi) is 6.53. The Bertz CT molecular complexity index is 748. The monoisotopic (exact) mass is 363 g/mol. The van der Waals surface area contributed by atoms with Gasteiger partial charge in [-0.3, -0.25) is 4.79 Å². The van der Waals surface area contributed by atoms with Gasteiger partial charge in [0.2, 0.25) is 0 Å². The fourth-order valence-corrected chi connectivity index (χ4v) is 2.55. The summed E-state index contributed by atoms with van der Waals surface area (Å²) < 4.78 is 16.2. The SMILES string of the molecule is CCc1cc(OC(C)C(=O)Nc2cc(OC)ccc2OC)ccc1Cl. The van der Waals surface area contributed by atoms with Crippen LogP contribution in [0.3, 0.4) is 0 Å². The van der Waals surface area contributed by atoms with Gasteiger partial charge in [0.05, 0.1) is 19.9 Å². The van der Waals surface area contributed by atoms with Gasteiger partial charge in [-0.2, -0.15) is 0 Å². The zero-order chi connectivity index (χ0) is 18.4. The highest BCUT2D eigenvalue weighted by molar-refractivity contribution is 6.31. The highest BCUT2D eigenvalue weighted by Crippen LogP contribution is 2.29. The molecule has 0 heterocycles. The lowest BCUT2D eigenvalue weighted by atomic mass is 10.1. The Morgan fingerprint density at radius 3 is 2.48 bits per heavy atom. The molecule has 2 rings (SSSR count). The predicted octanol–water partition coefficient (Wildman–Crippen LogP) is 4.33. The molecule has 0 radical (unpaired) electrons. The molecule has 0 saturated heterocycles. The van der Waals surface area contributed by atoms with E-state index in [1.807, 2.05) is 13.0 Å². The Labute approximate surface area is 152 Å². The minimum atomic E-state index is -0.693. The summed E-state index contributed by atoms with van der Waals surface area (Å²) in [5, 5.41) is 3.49. The number of carbonyl (C=O) groups is 1. The molecule has 2 aromatic carbocycles. The number of ether oxygens (including phenoxy) is 3. The zero-order valence-corrected chi connectivity index (χ0v) is 15.5. The van der Waals surface area contributed by atoms with Crippen molar-refractivity contribution in [1.29, 1.82) is 0 Å². The summed E-state index contributed by atoms with van der Waals surface area (Å²) in [4.78, 5) is 12.4. The normalized spacial score (nSPS) is 11.6. The van der Waals surface area contributed by atoms with Gasteiger partial charge in [-0.05, 0) is 49.2 Å². The highest BCUT2D eigenvalue weighted by atomic mass is 35.5. The van der Waals surface area contributed by atoms with Crippen LogP contribution in [0, 0.1) is 0 Å². The average Bonchev–Trinajstić information content (AvgIpc) is 2.62. The smallest absolute Gasteiger partial charge is 0.265 e. The van der Waals surface area contributed by atoms with E-state index in [2.05, 4.69) is 5.32 Å². The third-order valence-electron chi connectivity index (χ3n) is 3.74. The first-order valence-electron chi connectivity index (χ1n) is 7.96. The van der Waals surface area contributed by atoms with Crippen molar-refractivity contribution in [2.75, 3.05) is 19.5 Å². The Morgan fingerprint density at radius 2 is 1.84 bits per heavy atom. The van der Waals surface area contributed by atoms with Gasteiger partial charge in [0.15, 0.2) is 6.10 Å². The lowest BCUT2D eigenvalue weighted by molar-refractivity contribution is -0.122. The van der Waals surface area contributed by atoms with Gasteiger partial charge in [-0.25, -0.2) is 0 Å². The third-order valence-corrected chi connectivity index (χ3v) is 4.11. The van der Waals surface area contributed by atoms with E-state index < -0.39 is 6.10 Å². The van der Waals surface area contributed by atoms with Crippen LogP contribution in [0.4, 0.5) is 5.69 Å². The van der Waals surface area contributed by atoms with Crippen molar-refractivity contribution in [3.63, 3.8) is 0 Å². The number of nitrogens with one attached hydrogen (secondary N) is 1. The largest absolute Gasteiger partial charge is 0.497 e. The fourth-order valence-electron chi connectivity index (χ4n) is 2.30. The molecule has 134 valence electrons. The minimum Gasteiger partial charge on any atom is -0.497 e. The molecule has 0 spiro atoms. The molecule has 0 aliphatic carbocycles. The van der Waals surface area contributed by atoms with Gasteiger partial charge >= 0.3 is 0 Å². The van der Waals surface area contributed by atoms with Crippen LogP contribution in [0.15, 0.2) is 36.4 Å². The molecule has 0 aromatic heterocycles. The maximum Gasteiger partial charge on any atom is 0.265 e. The average molecular weight is 364 g/mol. The quantitative estimate of drug-likeness (QED) is 0.795. The molecular weight excluding hydrogens is 342 g/mol. The van der Waals surface area contributed by atoms with Crippen molar-refractivity contribution >= 4 is 23.2 Å². The number of hydrogen-bond donors (Lipinski definition) is 1. The van der Waals surface area contributed by atoms with Crippen molar-refractivity contribution in [3.05, 3.63) is 47.0 Å². The Balaban J connectivity index is 2.10. The number of halogens is 1. The molecule has 0 bridgehead atoms. The van der Waals surface area contributed by atoms with Gasteiger partial charge in [0.1, 0.15) is 17.2 Å². The Hall–Kier alpha value is -2.40. The van der Waals surface area contributed by atoms with Crippen LogP contribution < -0.4 is 19.5 Å². The minimum absolute atomic E-state index is 0.292. The fraction of sp³-hybridized carbons (Fsp3) is 0.316. The van der Waals surface area contributed by atoms with E-state index in [1.165, 1.54) is 7.11 Å². The maximum absolute atomic E-state index is 12.4. The van der Waals surface area contributed by atoms with Crippen molar-refractivity contribution in [3.8, 4) is 17.2 Å². The number of aryl methyl sites for hydroxylation is 1. The van der Waals surface area contributed by atoms with Crippen LogP contribution in [0.5, 0.6) is 17.2 Å². The number of carbonyl (C=O) groups excluding carboxylic acids is 1. The summed E-state index contributed by atoms with van der Waals surface area (Å²) in [5.74, 6) is 1.47. The molecule has 1 N–H and O–H groups in total. The molecule has 0 saturated carbocycles. The second kappa shape index (κ2) is 8.62. The van der Waals surface area contributed by atoms with Crippen LogP contribution in [0.2, 0.25) is 5.02 Å². The van der Waals surface area contributed by atoms with E-state index in [4.69, 9.17) is 25.8 Å². The van der Waals surface area contributed by atoms with Crippen molar-refractivity contribution < 1.29 is 19.0 Å². The van der Waals surface area contributed by atoms with Gasteiger partial charge in [-0.15, -0.1) is 0 Å². The molecule has 1 unspecified atom stereocenters. The molecule has 2 aromatic rings. The van der Waals surface area contributed by atoms with E-state index in [9.17, 15) is 4.79 Å². The first kappa shape index (κ1) is 18.9. The summed E-state index contributed by atoms with van der Waals surface area (Å²) in [6.07, 6.45) is 0.0965. The van der Waals surface area contributed by atoms with Crippen LogP contribution in [-0.4, -0.2) is 26.2 Å². The summed E-state index contributed by atoms with van der Waals surface area (Å²) in [5.41, 5.74) is 1.49. The van der Waals surface area contributed by atoms with Gasteiger partial charge < -0.3 is 19.5 Å². The van der Waals surface area contributed by atoms with Crippen molar-refractivity contribution in [2.24, 2.45) is 0 Å². The summed E-state index contributed by atoms with van der Waals surface area (Å²) in [6, 6.07) is 10.5. The van der Waals surface area contributed by atoms with Gasteiger partial charge in [0.25, 0.3) is 5.91 Å². The van der Waals surface area contributed by atoms with Gasteiger partial charge in [0, 0.05) is 11.1 Å². The molecule has 5 nitrogen and oxygen atoms in total. The molecule has 1 amide bonds. The van der Waals surface area contributed by atoms with E-state index in [-0.39, 0.29) is 5.91 Å². The van der Waals surface area contributed by atoms with Crippen molar-refractivity contribution in [2.45, 2.75) is 26.4 Å². The zero-order valence-electron chi connectivity index (χ0n) is 14.8. The second-order valence-corrected chi connectivity index (χ2v) is 5.83. The number of hydrogen-bond acceptors (Lipinski definition) is 4. The van der Waals surface area contributed by atoms with E-state index in [0.717, 1.165) is 12.0 Å². The molecule has 1 atom stereocenters. The predicted molar refractivity (Wildman–Crippen MR) is 99.1 cm³/mol. The number of methoxy groups -OCH3 is 2.